The quantitative estimate of drug-likeness (QED) is 0.473. The summed E-state index contributed by atoms with van der Waals surface area (Å²) in [6, 6.07) is 8.18. The predicted octanol–water partition coefficient (Wildman–Crippen LogP) is 2.68. The molecule has 19 heavy (non-hydrogen) atoms. The topological polar surface area (TPSA) is 37.4 Å². The summed E-state index contributed by atoms with van der Waals surface area (Å²) in [5.41, 5.74) is 1.50. The van der Waals surface area contributed by atoms with Crippen LogP contribution < -0.4 is 0 Å². The second-order valence-electron chi connectivity index (χ2n) is 5.85. The zero-order valence-electron chi connectivity index (χ0n) is 11.4. The molecule has 2 rings (SSSR count). The van der Waals surface area contributed by atoms with Crippen molar-refractivity contribution in [3.05, 3.63) is 48.2 Å². The van der Waals surface area contributed by atoms with Gasteiger partial charge in [0.05, 0.1) is 0 Å². The van der Waals surface area contributed by atoms with E-state index in [0.717, 1.165) is 18.4 Å². The van der Waals surface area contributed by atoms with Gasteiger partial charge in [0.15, 0.2) is 5.78 Å². The van der Waals surface area contributed by atoms with E-state index in [0.29, 0.717) is 12.1 Å². The smallest absolute Gasteiger partial charge is 0.192 e. The van der Waals surface area contributed by atoms with Crippen LogP contribution in [-0.4, -0.2) is 29.6 Å². The standard InChI is InChI=1S/C16H19NO2/c1-12-9-16(2,3)11-17(12)14(10-18)15(19)13-7-5-4-6-8-13/h4-8,10,14H,1,9,11H2,2-3H3. The molecule has 1 aliphatic rings. The lowest BCUT2D eigenvalue weighted by atomic mass is 9.92. The van der Waals surface area contributed by atoms with Crippen molar-refractivity contribution in [3.8, 4) is 0 Å². The van der Waals surface area contributed by atoms with Crippen molar-refractivity contribution in [1.82, 2.24) is 4.90 Å². The van der Waals surface area contributed by atoms with E-state index in [9.17, 15) is 9.59 Å². The third-order valence-corrected chi connectivity index (χ3v) is 3.48. The number of Topliss-reactive ketones (excluding diaryl/α,β-unsaturated/α-hetero) is 1. The Hall–Kier alpha value is -1.90. The number of nitrogens with zero attached hydrogens (tertiary/aromatic N) is 1. The number of likely N-dealkylation sites (tertiary alicyclic amines) is 1. The Balaban J connectivity index is 2.24. The van der Waals surface area contributed by atoms with Gasteiger partial charge in [0.2, 0.25) is 0 Å². The fraction of sp³-hybridized carbons (Fsp3) is 0.375. The first-order valence-corrected chi connectivity index (χ1v) is 6.43. The number of carbonyl (C=O) groups excluding carboxylic acids is 2. The van der Waals surface area contributed by atoms with Crippen LogP contribution in [0.2, 0.25) is 0 Å². The number of rotatable bonds is 4. The third-order valence-electron chi connectivity index (χ3n) is 3.48. The molecule has 0 bridgehead atoms. The molecule has 1 aromatic carbocycles. The Labute approximate surface area is 113 Å². The molecule has 3 heteroatoms. The SMILES string of the molecule is C=C1CC(C)(C)CN1C(C=O)C(=O)c1ccccc1. The minimum atomic E-state index is -0.753. The maximum Gasteiger partial charge on any atom is 0.192 e. The van der Waals surface area contributed by atoms with Crippen LogP contribution in [-0.2, 0) is 4.79 Å². The van der Waals surface area contributed by atoms with Crippen LogP contribution >= 0.6 is 0 Å². The van der Waals surface area contributed by atoms with Gasteiger partial charge in [-0.1, -0.05) is 50.8 Å². The van der Waals surface area contributed by atoms with Crippen molar-refractivity contribution in [3.63, 3.8) is 0 Å². The number of allylic oxidation sites excluding steroid dienone is 1. The fourth-order valence-corrected chi connectivity index (χ4v) is 2.63. The molecule has 0 saturated carbocycles. The number of ketones is 1. The van der Waals surface area contributed by atoms with Crippen LogP contribution in [0.1, 0.15) is 30.6 Å². The summed E-state index contributed by atoms with van der Waals surface area (Å²) in [4.78, 5) is 25.6. The maximum atomic E-state index is 12.4. The summed E-state index contributed by atoms with van der Waals surface area (Å²) in [6.07, 6.45) is 1.54. The van der Waals surface area contributed by atoms with Gasteiger partial charge in [-0.2, -0.15) is 0 Å². The van der Waals surface area contributed by atoms with Crippen LogP contribution in [0.4, 0.5) is 0 Å². The number of benzene rings is 1. The molecule has 1 heterocycles. The molecular formula is C16H19NO2. The Morgan fingerprint density at radius 1 is 1.37 bits per heavy atom. The van der Waals surface area contributed by atoms with Crippen LogP contribution in [0.15, 0.2) is 42.6 Å². The molecular weight excluding hydrogens is 238 g/mol. The maximum absolute atomic E-state index is 12.4. The molecule has 1 fully saturated rings. The van der Waals surface area contributed by atoms with E-state index in [4.69, 9.17) is 0 Å². The predicted molar refractivity (Wildman–Crippen MR) is 74.9 cm³/mol. The molecule has 1 unspecified atom stereocenters. The van der Waals surface area contributed by atoms with E-state index >= 15 is 0 Å². The molecule has 0 spiro atoms. The van der Waals surface area contributed by atoms with E-state index in [1.165, 1.54) is 0 Å². The largest absolute Gasteiger partial charge is 0.358 e. The minimum Gasteiger partial charge on any atom is -0.358 e. The average molecular weight is 257 g/mol. The first-order valence-electron chi connectivity index (χ1n) is 6.43. The first-order chi connectivity index (χ1) is 8.94. The molecule has 0 N–H and O–H groups in total. The Morgan fingerprint density at radius 2 is 2.00 bits per heavy atom. The van der Waals surface area contributed by atoms with Crippen LogP contribution in [0.5, 0.6) is 0 Å². The molecule has 1 aliphatic heterocycles. The van der Waals surface area contributed by atoms with E-state index in [1.807, 2.05) is 11.0 Å². The van der Waals surface area contributed by atoms with Crippen molar-refractivity contribution in [2.24, 2.45) is 5.41 Å². The second-order valence-corrected chi connectivity index (χ2v) is 5.85. The van der Waals surface area contributed by atoms with Crippen molar-refractivity contribution in [1.29, 1.82) is 0 Å². The van der Waals surface area contributed by atoms with E-state index in [1.54, 1.807) is 24.3 Å². The highest BCUT2D eigenvalue weighted by molar-refractivity contribution is 6.08. The highest BCUT2D eigenvalue weighted by Crippen LogP contribution is 2.36. The normalized spacial score (nSPS) is 19.3. The van der Waals surface area contributed by atoms with Crippen molar-refractivity contribution < 1.29 is 9.59 Å². The Morgan fingerprint density at radius 3 is 2.47 bits per heavy atom. The van der Waals surface area contributed by atoms with Gasteiger partial charge >= 0.3 is 0 Å². The number of carbonyl (C=O) groups is 2. The molecule has 1 aromatic rings. The summed E-state index contributed by atoms with van der Waals surface area (Å²) in [6.45, 7) is 8.92. The van der Waals surface area contributed by atoms with Crippen molar-refractivity contribution in [2.45, 2.75) is 26.3 Å². The summed E-state index contributed by atoms with van der Waals surface area (Å²) in [7, 11) is 0. The lowest BCUT2D eigenvalue weighted by molar-refractivity contribution is -0.110. The van der Waals surface area contributed by atoms with Gasteiger partial charge in [-0.25, -0.2) is 0 Å². The highest BCUT2D eigenvalue weighted by atomic mass is 16.1. The average Bonchev–Trinajstić information content (AvgIpc) is 2.65. The van der Waals surface area contributed by atoms with Crippen LogP contribution in [0.25, 0.3) is 0 Å². The lowest BCUT2D eigenvalue weighted by Gasteiger charge is -2.26. The fourth-order valence-electron chi connectivity index (χ4n) is 2.63. The van der Waals surface area contributed by atoms with E-state index in [-0.39, 0.29) is 11.2 Å². The Kier molecular flexibility index (Phi) is 3.56. The zero-order chi connectivity index (χ0) is 14.0. The van der Waals surface area contributed by atoms with Gasteiger partial charge in [0.1, 0.15) is 12.3 Å². The van der Waals surface area contributed by atoms with Crippen molar-refractivity contribution >= 4 is 12.1 Å². The van der Waals surface area contributed by atoms with Gasteiger partial charge in [-0.05, 0) is 11.8 Å². The highest BCUT2D eigenvalue weighted by Gasteiger charge is 2.38. The third kappa shape index (κ3) is 2.75. The van der Waals surface area contributed by atoms with Gasteiger partial charge < -0.3 is 9.69 Å². The second kappa shape index (κ2) is 5.00. The summed E-state index contributed by atoms with van der Waals surface area (Å²) in [5.74, 6) is -0.158. The monoisotopic (exact) mass is 257 g/mol. The molecule has 3 nitrogen and oxygen atoms in total. The molecule has 0 amide bonds. The van der Waals surface area contributed by atoms with Crippen molar-refractivity contribution in [2.75, 3.05) is 6.54 Å². The summed E-state index contributed by atoms with van der Waals surface area (Å²) >= 11 is 0. The van der Waals surface area contributed by atoms with Crippen LogP contribution in [0.3, 0.4) is 0 Å². The zero-order valence-corrected chi connectivity index (χ0v) is 11.4. The Bertz CT molecular complexity index is 505. The molecule has 0 aliphatic carbocycles. The lowest BCUT2D eigenvalue weighted by Crippen LogP contribution is -2.40. The van der Waals surface area contributed by atoms with Gasteiger partial charge in [0.25, 0.3) is 0 Å². The van der Waals surface area contributed by atoms with E-state index < -0.39 is 6.04 Å². The molecule has 1 atom stereocenters. The molecule has 100 valence electrons. The number of hydrogen-bond donors (Lipinski definition) is 0. The van der Waals surface area contributed by atoms with Gasteiger partial charge in [-0.3, -0.25) is 4.79 Å². The molecule has 1 saturated heterocycles. The molecule has 0 aromatic heterocycles. The van der Waals surface area contributed by atoms with Gasteiger partial charge in [-0.15, -0.1) is 0 Å². The summed E-state index contributed by atoms with van der Waals surface area (Å²) in [5, 5.41) is 0. The van der Waals surface area contributed by atoms with Crippen LogP contribution in [0, 0.1) is 5.41 Å². The summed E-state index contributed by atoms with van der Waals surface area (Å²) < 4.78 is 0. The van der Waals surface area contributed by atoms with E-state index in [2.05, 4.69) is 20.4 Å². The molecule has 0 radical (unpaired) electrons. The van der Waals surface area contributed by atoms with Gasteiger partial charge in [0, 0.05) is 17.8 Å². The number of hydrogen-bond acceptors (Lipinski definition) is 3. The number of aldehydes is 1. The first kappa shape index (κ1) is 13.5. The minimum absolute atomic E-state index is 0.0648.